The average molecular weight is 303 g/mol. The number of alkyl carbamates (subject to hydrolysis) is 1. The molecule has 0 fully saturated rings. The molecule has 0 radical (unpaired) electrons. The van der Waals surface area contributed by atoms with Gasteiger partial charge in [0.25, 0.3) is 0 Å². The highest BCUT2D eigenvalue weighted by atomic mass is 32.1. The minimum Gasteiger partial charge on any atom is -0.447 e. The number of nitrogens with one attached hydrogen (secondary N) is 1. The maximum atomic E-state index is 11.5. The van der Waals surface area contributed by atoms with Crippen LogP contribution in [0.5, 0.6) is 0 Å². The van der Waals surface area contributed by atoms with E-state index in [1.165, 1.54) is 16.7 Å². The van der Waals surface area contributed by atoms with Crippen LogP contribution in [0.15, 0.2) is 41.1 Å². The number of hydrogen-bond acceptors (Lipinski definition) is 3. The Bertz CT molecular complexity index is 561. The second-order valence-corrected chi connectivity index (χ2v) is 6.15. The predicted octanol–water partition coefficient (Wildman–Crippen LogP) is 4.65. The summed E-state index contributed by atoms with van der Waals surface area (Å²) < 4.78 is 5.06. The van der Waals surface area contributed by atoms with Gasteiger partial charge in [0, 0.05) is 6.54 Å². The van der Waals surface area contributed by atoms with Gasteiger partial charge in [-0.05, 0) is 53.3 Å². The largest absolute Gasteiger partial charge is 0.447 e. The summed E-state index contributed by atoms with van der Waals surface area (Å²) in [6.45, 7) is 6.34. The molecule has 0 saturated carbocycles. The van der Waals surface area contributed by atoms with Crippen molar-refractivity contribution in [1.29, 1.82) is 0 Å². The molecular formula is C17H21NO2S. The maximum absolute atomic E-state index is 11.5. The van der Waals surface area contributed by atoms with Crippen molar-refractivity contribution in [2.75, 3.05) is 6.54 Å². The van der Waals surface area contributed by atoms with Crippen LogP contribution in [0.2, 0.25) is 0 Å². The van der Waals surface area contributed by atoms with Gasteiger partial charge in [0.15, 0.2) is 0 Å². The van der Waals surface area contributed by atoms with E-state index in [1.54, 1.807) is 11.3 Å². The highest BCUT2D eigenvalue weighted by Gasteiger charge is 2.10. The number of carbonyl (C=O) groups is 1. The molecule has 0 aliphatic rings. The highest BCUT2D eigenvalue weighted by molar-refractivity contribution is 7.08. The first kappa shape index (κ1) is 15.6. The first-order chi connectivity index (χ1) is 10.1. The molecule has 1 atom stereocenters. The Morgan fingerprint density at radius 3 is 2.43 bits per heavy atom. The molecule has 1 N–H and O–H groups in total. The number of amides is 1. The lowest BCUT2D eigenvalue weighted by atomic mass is 9.98. The summed E-state index contributed by atoms with van der Waals surface area (Å²) in [6.07, 6.45) is -0.447. The number of benzene rings is 1. The van der Waals surface area contributed by atoms with E-state index in [-0.39, 0.29) is 18.1 Å². The summed E-state index contributed by atoms with van der Waals surface area (Å²) in [5.41, 5.74) is 3.68. The third-order valence-electron chi connectivity index (χ3n) is 3.23. The molecule has 3 nitrogen and oxygen atoms in total. The molecule has 1 unspecified atom stereocenters. The summed E-state index contributed by atoms with van der Waals surface area (Å²) >= 11 is 1.70. The normalized spacial score (nSPS) is 12.2. The molecular weight excluding hydrogens is 282 g/mol. The maximum Gasteiger partial charge on any atom is 0.407 e. The number of thiophene rings is 1. The Morgan fingerprint density at radius 2 is 1.86 bits per heavy atom. The minimum atomic E-state index is -0.355. The molecule has 0 saturated heterocycles. The Labute approximate surface area is 130 Å². The monoisotopic (exact) mass is 303 g/mol. The van der Waals surface area contributed by atoms with E-state index >= 15 is 0 Å². The van der Waals surface area contributed by atoms with Crippen LogP contribution in [0.3, 0.4) is 0 Å². The van der Waals surface area contributed by atoms with Crippen molar-refractivity contribution in [1.82, 2.24) is 5.32 Å². The molecule has 112 valence electrons. The average Bonchev–Trinajstić information content (AvgIpc) is 2.98. The Morgan fingerprint density at radius 1 is 1.14 bits per heavy atom. The standard InChI is InChI=1S/C17H21NO2S/c1-12(2)20-17(19)18-10-13(3)14-4-6-15(7-5-14)16-8-9-21-11-16/h4-9,11-13H,10H2,1-3H3,(H,18,19). The minimum absolute atomic E-state index is 0.0924. The van der Waals surface area contributed by atoms with Crippen LogP contribution >= 0.6 is 11.3 Å². The van der Waals surface area contributed by atoms with E-state index in [4.69, 9.17) is 4.74 Å². The van der Waals surface area contributed by atoms with Crippen LogP contribution in [0.25, 0.3) is 11.1 Å². The molecule has 0 bridgehead atoms. The van der Waals surface area contributed by atoms with Crippen LogP contribution in [0, 0.1) is 0 Å². The molecule has 1 heterocycles. The molecule has 21 heavy (non-hydrogen) atoms. The van der Waals surface area contributed by atoms with E-state index in [0.717, 1.165) is 0 Å². The number of ether oxygens (including phenoxy) is 1. The van der Waals surface area contributed by atoms with Gasteiger partial charge in [0.1, 0.15) is 0 Å². The van der Waals surface area contributed by atoms with Crippen LogP contribution in [0.1, 0.15) is 32.3 Å². The van der Waals surface area contributed by atoms with Gasteiger partial charge in [-0.3, -0.25) is 0 Å². The predicted molar refractivity (Wildman–Crippen MR) is 87.8 cm³/mol. The fraction of sp³-hybridized carbons (Fsp3) is 0.353. The number of carbonyl (C=O) groups excluding carboxylic acids is 1. The lowest BCUT2D eigenvalue weighted by molar-refractivity contribution is 0.115. The summed E-state index contributed by atoms with van der Waals surface area (Å²) in [5.74, 6) is 0.251. The van der Waals surface area contributed by atoms with E-state index in [0.29, 0.717) is 6.54 Å². The molecule has 0 spiro atoms. The van der Waals surface area contributed by atoms with E-state index in [1.807, 2.05) is 13.8 Å². The quantitative estimate of drug-likeness (QED) is 0.873. The second kappa shape index (κ2) is 7.27. The zero-order chi connectivity index (χ0) is 15.2. The van der Waals surface area contributed by atoms with Crippen molar-refractivity contribution in [3.8, 4) is 11.1 Å². The molecule has 2 aromatic rings. The van der Waals surface area contributed by atoms with Crippen LogP contribution < -0.4 is 5.32 Å². The first-order valence-corrected chi connectivity index (χ1v) is 8.07. The first-order valence-electron chi connectivity index (χ1n) is 7.13. The zero-order valence-corrected chi connectivity index (χ0v) is 13.4. The fourth-order valence-corrected chi connectivity index (χ4v) is 2.71. The van der Waals surface area contributed by atoms with Crippen molar-refractivity contribution < 1.29 is 9.53 Å². The Balaban J connectivity index is 1.91. The zero-order valence-electron chi connectivity index (χ0n) is 12.6. The summed E-state index contributed by atoms with van der Waals surface area (Å²) in [7, 11) is 0. The van der Waals surface area contributed by atoms with Crippen molar-refractivity contribution in [3.05, 3.63) is 46.7 Å². The molecule has 2 rings (SSSR count). The molecule has 1 aromatic heterocycles. The Kier molecular flexibility index (Phi) is 5.39. The SMILES string of the molecule is CC(C)OC(=O)NCC(C)c1ccc(-c2ccsc2)cc1. The van der Waals surface area contributed by atoms with Gasteiger partial charge in [-0.1, -0.05) is 31.2 Å². The Hall–Kier alpha value is -1.81. The number of hydrogen-bond donors (Lipinski definition) is 1. The lowest BCUT2D eigenvalue weighted by Gasteiger charge is -2.15. The third-order valence-corrected chi connectivity index (χ3v) is 3.91. The van der Waals surface area contributed by atoms with Gasteiger partial charge in [-0.25, -0.2) is 4.79 Å². The topological polar surface area (TPSA) is 38.3 Å². The fourth-order valence-electron chi connectivity index (χ4n) is 2.04. The van der Waals surface area contributed by atoms with Gasteiger partial charge in [-0.2, -0.15) is 11.3 Å². The van der Waals surface area contributed by atoms with Crippen LogP contribution in [-0.2, 0) is 4.74 Å². The van der Waals surface area contributed by atoms with E-state index < -0.39 is 0 Å². The van der Waals surface area contributed by atoms with Crippen molar-refractivity contribution >= 4 is 17.4 Å². The van der Waals surface area contributed by atoms with E-state index in [9.17, 15) is 4.79 Å². The summed E-state index contributed by atoms with van der Waals surface area (Å²) in [5, 5.41) is 7.02. The molecule has 1 aromatic carbocycles. The molecule has 4 heteroatoms. The van der Waals surface area contributed by atoms with Crippen LogP contribution in [-0.4, -0.2) is 18.7 Å². The van der Waals surface area contributed by atoms with Gasteiger partial charge in [0.05, 0.1) is 6.10 Å². The van der Waals surface area contributed by atoms with Gasteiger partial charge in [-0.15, -0.1) is 0 Å². The lowest BCUT2D eigenvalue weighted by Crippen LogP contribution is -2.30. The summed E-state index contributed by atoms with van der Waals surface area (Å²) in [6, 6.07) is 10.6. The third kappa shape index (κ3) is 4.60. The van der Waals surface area contributed by atoms with E-state index in [2.05, 4.69) is 53.3 Å². The van der Waals surface area contributed by atoms with Gasteiger partial charge < -0.3 is 10.1 Å². The van der Waals surface area contributed by atoms with Crippen molar-refractivity contribution in [2.24, 2.45) is 0 Å². The highest BCUT2D eigenvalue weighted by Crippen LogP contribution is 2.24. The number of rotatable bonds is 5. The van der Waals surface area contributed by atoms with Crippen molar-refractivity contribution in [2.45, 2.75) is 32.8 Å². The van der Waals surface area contributed by atoms with Gasteiger partial charge >= 0.3 is 6.09 Å². The van der Waals surface area contributed by atoms with Crippen LogP contribution in [0.4, 0.5) is 4.79 Å². The molecule has 0 aliphatic heterocycles. The molecule has 0 aliphatic carbocycles. The second-order valence-electron chi connectivity index (χ2n) is 5.37. The smallest absolute Gasteiger partial charge is 0.407 e. The summed E-state index contributed by atoms with van der Waals surface area (Å²) in [4.78, 5) is 11.5. The van der Waals surface area contributed by atoms with Gasteiger partial charge in [0.2, 0.25) is 0 Å². The van der Waals surface area contributed by atoms with Crippen molar-refractivity contribution in [3.63, 3.8) is 0 Å². The molecule has 1 amide bonds.